The molecule has 0 aliphatic carbocycles. The van der Waals surface area contributed by atoms with E-state index in [9.17, 15) is 22.8 Å². The largest absolute Gasteiger partial charge is 0.383 e. The third-order valence-electron chi connectivity index (χ3n) is 7.06. The van der Waals surface area contributed by atoms with Crippen LogP contribution in [-0.4, -0.2) is 100 Å². The molecule has 1 aliphatic rings. The van der Waals surface area contributed by atoms with Crippen LogP contribution in [0.25, 0.3) is 0 Å². The van der Waals surface area contributed by atoms with E-state index < -0.39 is 15.9 Å². The lowest BCUT2D eigenvalue weighted by Crippen LogP contribution is -2.36. The first kappa shape index (κ1) is 33.7. The number of thiophene rings is 1. The molecule has 0 bridgehead atoms. The van der Waals surface area contributed by atoms with Crippen LogP contribution >= 0.6 is 11.3 Å². The summed E-state index contributed by atoms with van der Waals surface area (Å²) in [5.74, 6) is -0.622. The average molecular weight is 623 g/mol. The first-order chi connectivity index (χ1) is 20.1. The number of rotatable bonds is 15. The number of methoxy groups -OCH3 is 2. The molecule has 11 nitrogen and oxygen atoms in total. The summed E-state index contributed by atoms with van der Waals surface area (Å²) in [5.41, 5.74) is 1.62. The number of nitrogens with one attached hydrogen (secondary N) is 1. The van der Waals surface area contributed by atoms with Gasteiger partial charge in [0.05, 0.1) is 30.2 Å². The van der Waals surface area contributed by atoms with Crippen LogP contribution in [0.5, 0.6) is 0 Å². The van der Waals surface area contributed by atoms with Crippen LogP contribution in [0, 0.1) is 0 Å². The number of benzene rings is 1. The van der Waals surface area contributed by atoms with Gasteiger partial charge in [0.25, 0.3) is 11.8 Å². The Morgan fingerprint density at radius 2 is 1.57 bits per heavy atom. The van der Waals surface area contributed by atoms with Gasteiger partial charge in [-0.1, -0.05) is 13.8 Å². The predicted molar refractivity (Wildman–Crippen MR) is 163 cm³/mol. The summed E-state index contributed by atoms with van der Waals surface area (Å²) in [6.07, 6.45) is 2.15. The van der Waals surface area contributed by atoms with Gasteiger partial charge in [-0.15, -0.1) is 11.3 Å². The van der Waals surface area contributed by atoms with Crippen LogP contribution in [0.2, 0.25) is 0 Å². The lowest BCUT2D eigenvalue weighted by Gasteiger charge is -2.27. The lowest BCUT2D eigenvalue weighted by molar-refractivity contribution is -0.129. The van der Waals surface area contributed by atoms with E-state index in [0.717, 1.165) is 23.3 Å². The second-order valence-electron chi connectivity index (χ2n) is 10.1. The molecule has 3 amide bonds. The van der Waals surface area contributed by atoms with Gasteiger partial charge in [-0.25, -0.2) is 8.42 Å². The molecule has 2 heterocycles. The standard InChI is InChI=1S/C29H42N4O7S2/c1-6-13-31(14-7-2)29(36)26-24-12-15-32(21(3)34)20-25(24)41-28(26)30-27(35)22-8-10-23(11-9-22)42(37,38)33(16-18-39-4)17-19-40-5/h8-11H,6-7,12-20H2,1-5H3,(H,30,35). The maximum atomic E-state index is 13.8. The Kier molecular flexibility index (Phi) is 12.5. The fraction of sp³-hybridized carbons (Fsp3) is 0.552. The summed E-state index contributed by atoms with van der Waals surface area (Å²) in [4.78, 5) is 43.7. The van der Waals surface area contributed by atoms with E-state index in [4.69, 9.17) is 9.47 Å². The maximum absolute atomic E-state index is 13.8. The van der Waals surface area contributed by atoms with Crippen molar-refractivity contribution < 1.29 is 32.3 Å². The van der Waals surface area contributed by atoms with E-state index in [1.165, 1.54) is 61.1 Å². The van der Waals surface area contributed by atoms with Crippen molar-refractivity contribution >= 4 is 44.1 Å². The van der Waals surface area contributed by atoms with Crippen molar-refractivity contribution in [1.29, 1.82) is 0 Å². The summed E-state index contributed by atoms with van der Waals surface area (Å²) >= 11 is 1.31. The molecule has 1 aliphatic heterocycles. The summed E-state index contributed by atoms with van der Waals surface area (Å²) in [5, 5.41) is 3.36. The fourth-order valence-electron chi connectivity index (χ4n) is 4.84. The number of fused-ring (bicyclic) bond motifs is 1. The Balaban J connectivity index is 1.90. The zero-order valence-electron chi connectivity index (χ0n) is 25.1. The molecule has 232 valence electrons. The Hall–Kier alpha value is -2.84. The molecule has 0 spiro atoms. The van der Waals surface area contributed by atoms with Crippen molar-refractivity contribution in [3.8, 4) is 0 Å². The average Bonchev–Trinajstić information content (AvgIpc) is 3.33. The van der Waals surface area contributed by atoms with Gasteiger partial charge >= 0.3 is 0 Å². The van der Waals surface area contributed by atoms with Crippen molar-refractivity contribution in [1.82, 2.24) is 14.1 Å². The topological polar surface area (TPSA) is 126 Å². The minimum Gasteiger partial charge on any atom is -0.383 e. The summed E-state index contributed by atoms with van der Waals surface area (Å²) in [6, 6.07) is 5.72. The van der Waals surface area contributed by atoms with E-state index in [2.05, 4.69) is 5.32 Å². The second-order valence-corrected chi connectivity index (χ2v) is 13.1. The van der Waals surface area contributed by atoms with Crippen LogP contribution in [0.4, 0.5) is 5.00 Å². The molecule has 0 atom stereocenters. The highest BCUT2D eigenvalue weighted by Crippen LogP contribution is 2.38. The third-order valence-corrected chi connectivity index (χ3v) is 10.1. The zero-order chi connectivity index (χ0) is 30.9. The van der Waals surface area contributed by atoms with Crippen molar-refractivity contribution in [2.75, 3.05) is 65.5 Å². The highest BCUT2D eigenvalue weighted by atomic mass is 32.2. The van der Waals surface area contributed by atoms with Gasteiger partial charge in [0.1, 0.15) is 5.00 Å². The normalized spacial score (nSPS) is 13.2. The van der Waals surface area contributed by atoms with Gasteiger partial charge in [-0.2, -0.15) is 4.31 Å². The molecule has 0 saturated carbocycles. The number of sulfonamides is 1. The lowest BCUT2D eigenvalue weighted by atomic mass is 10.0. The Morgan fingerprint density at radius 3 is 2.10 bits per heavy atom. The molecule has 42 heavy (non-hydrogen) atoms. The van der Waals surface area contributed by atoms with Gasteiger partial charge in [-0.3, -0.25) is 14.4 Å². The minimum atomic E-state index is -3.84. The molecular weight excluding hydrogens is 580 g/mol. The van der Waals surface area contributed by atoms with Gasteiger partial charge in [0.2, 0.25) is 15.9 Å². The van der Waals surface area contributed by atoms with E-state index >= 15 is 0 Å². The number of nitrogens with zero attached hydrogens (tertiary/aromatic N) is 3. The molecule has 1 aromatic heterocycles. The van der Waals surface area contributed by atoms with Gasteiger partial charge in [-0.05, 0) is 49.1 Å². The van der Waals surface area contributed by atoms with Gasteiger partial charge in [0, 0.05) is 64.3 Å². The van der Waals surface area contributed by atoms with Crippen LogP contribution < -0.4 is 5.32 Å². The van der Waals surface area contributed by atoms with Crippen molar-refractivity contribution in [3.63, 3.8) is 0 Å². The molecule has 1 N–H and O–H groups in total. The quantitative estimate of drug-likeness (QED) is 0.323. The van der Waals surface area contributed by atoms with Crippen LogP contribution in [0.15, 0.2) is 29.2 Å². The molecule has 0 radical (unpaired) electrons. The Morgan fingerprint density at radius 1 is 0.976 bits per heavy atom. The molecular formula is C29H42N4O7S2. The van der Waals surface area contributed by atoms with Crippen LogP contribution in [0.3, 0.4) is 0 Å². The first-order valence-electron chi connectivity index (χ1n) is 14.2. The highest BCUT2D eigenvalue weighted by molar-refractivity contribution is 7.89. The summed E-state index contributed by atoms with van der Waals surface area (Å²) in [7, 11) is -0.835. The molecule has 1 aromatic carbocycles. The number of carbonyl (C=O) groups is 3. The number of ether oxygens (including phenoxy) is 2. The SMILES string of the molecule is CCCN(CCC)C(=O)c1c(NC(=O)c2ccc(S(=O)(=O)N(CCOC)CCOC)cc2)sc2c1CCN(C(C)=O)C2. The third kappa shape index (κ3) is 7.95. The Bertz CT molecular complexity index is 1330. The number of anilines is 1. The molecule has 0 fully saturated rings. The van der Waals surface area contributed by atoms with Crippen molar-refractivity contribution in [3.05, 3.63) is 45.8 Å². The smallest absolute Gasteiger partial charge is 0.257 e. The van der Waals surface area contributed by atoms with Gasteiger partial charge in [0.15, 0.2) is 0 Å². The first-order valence-corrected chi connectivity index (χ1v) is 16.4. The van der Waals surface area contributed by atoms with E-state index in [1.54, 1.807) is 4.90 Å². The van der Waals surface area contributed by atoms with Gasteiger partial charge < -0.3 is 24.6 Å². The number of hydrogen-bond donors (Lipinski definition) is 1. The fourth-order valence-corrected chi connectivity index (χ4v) is 7.50. The summed E-state index contributed by atoms with van der Waals surface area (Å²) < 4.78 is 37.9. The predicted octanol–water partition coefficient (Wildman–Crippen LogP) is 3.45. The zero-order valence-corrected chi connectivity index (χ0v) is 26.7. The van der Waals surface area contributed by atoms with Crippen molar-refractivity contribution in [2.24, 2.45) is 0 Å². The summed E-state index contributed by atoms with van der Waals surface area (Å²) in [6.45, 7) is 8.46. The molecule has 2 aromatic rings. The molecule has 3 rings (SSSR count). The van der Waals surface area contributed by atoms with Crippen LogP contribution in [-0.2, 0) is 37.3 Å². The minimum absolute atomic E-state index is 0.0378. The number of amides is 3. The van der Waals surface area contributed by atoms with Crippen LogP contribution in [0.1, 0.15) is 64.8 Å². The molecule has 13 heteroatoms. The van der Waals surface area contributed by atoms with E-state index in [1.807, 2.05) is 18.7 Å². The van der Waals surface area contributed by atoms with E-state index in [0.29, 0.717) is 43.2 Å². The number of hydrogen-bond acceptors (Lipinski definition) is 8. The number of carbonyl (C=O) groups excluding carboxylic acids is 3. The molecule has 0 unspecified atom stereocenters. The highest BCUT2D eigenvalue weighted by Gasteiger charge is 2.32. The van der Waals surface area contributed by atoms with E-state index in [-0.39, 0.29) is 48.6 Å². The monoisotopic (exact) mass is 622 g/mol. The molecule has 0 saturated heterocycles. The second kappa shape index (κ2) is 15.6. The Labute approximate surface area is 252 Å². The maximum Gasteiger partial charge on any atom is 0.257 e. The van der Waals surface area contributed by atoms with Crippen molar-refractivity contribution in [2.45, 2.75) is 51.5 Å².